The van der Waals surface area contributed by atoms with Crippen LogP contribution in [-0.2, 0) is 0 Å². The zero-order valence-electron chi connectivity index (χ0n) is 15.9. The van der Waals surface area contributed by atoms with Gasteiger partial charge in [-0.05, 0) is 55.8 Å². The standard InChI is InChI=1S/C21H27NO4/c1-5-6-13-26-17-9-7-16(8-10-17)21(23)22-15(2)19-14-18(24-3)11-12-20(19)25-4/h7-12,14-15H,5-6,13H2,1-4H3,(H,22,23). The van der Waals surface area contributed by atoms with Crippen molar-refractivity contribution in [2.75, 3.05) is 20.8 Å². The summed E-state index contributed by atoms with van der Waals surface area (Å²) in [7, 11) is 3.22. The van der Waals surface area contributed by atoms with Crippen molar-refractivity contribution in [2.24, 2.45) is 0 Å². The van der Waals surface area contributed by atoms with Gasteiger partial charge in [0.1, 0.15) is 17.2 Å². The van der Waals surface area contributed by atoms with Gasteiger partial charge in [0.05, 0.1) is 26.9 Å². The SMILES string of the molecule is CCCCOc1ccc(C(=O)NC(C)c2cc(OC)ccc2OC)cc1. The molecule has 0 aromatic heterocycles. The lowest BCUT2D eigenvalue weighted by molar-refractivity contribution is 0.0939. The van der Waals surface area contributed by atoms with Crippen LogP contribution in [0.25, 0.3) is 0 Å². The van der Waals surface area contributed by atoms with Crippen molar-refractivity contribution in [3.05, 3.63) is 53.6 Å². The number of unbranched alkanes of at least 4 members (excludes halogenated alkanes) is 1. The van der Waals surface area contributed by atoms with Crippen LogP contribution in [0.1, 0.15) is 48.7 Å². The summed E-state index contributed by atoms with van der Waals surface area (Å²) in [5.41, 5.74) is 1.45. The van der Waals surface area contributed by atoms with Crippen LogP contribution in [0.15, 0.2) is 42.5 Å². The van der Waals surface area contributed by atoms with Crippen LogP contribution >= 0.6 is 0 Å². The molecule has 0 heterocycles. The molecule has 1 amide bonds. The predicted octanol–water partition coefficient (Wildman–Crippen LogP) is 4.37. The van der Waals surface area contributed by atoms with Gasteiger partial charge in [-0.25, -0.2) is 0 Å². The van der Waals surface area contributed by atoms with Gasteiger partial charge < -0.3 is 19.5 Å². The van der Waals surface area contributed by atoms with Crippen LogP contribution in [0.5, 0.6) is 17.2 Å². The molecule has 0 bridgehead atoms. The molecule has 0 aliphatic heterocycles. The molecule has 0 spiro atoms. The lowest BCUT2D eigenvalue weighted by atomic mass is 10.1. The Morgan fingerprint density at radius 3 is 2.35 bits per heavy atom. The van der Waals surface area contributed by atoms with Gasteiger partial charge in [-0.3, -0.25) is 4.79 Å². The minimum Gasteiger partial charge on any atom is -0.497 e. The number of carbonyl (C=O) groups excluding carboxylic acids is 1. The molecule has 1 N–H and O–H groups in total. The van der Waals surface area contributed by atoms with Crippen LogP contribution < -0.4 is 19.5 Å². The third-order valence-electron chi connectivity index (χ3n) is 4.13. The molecule has 5 nitrogen and oxygen atoms in total. The first-order valence-corrected chi connectivity index (χ1v) is 8.84. The Balaban J connectivity index is 2.04. The summed E-state index contributed by atoms with van der Waals surface area (Å²) >= 11 is 0. The Labute approximate surface area is 155 Å². The van der Waals surface area contributed by atoms with Gasteiger partial charge in [0, 0.05) is 11.1 Å². The van der Waals surface area contributed by atoms with E-state index in [4.69, 9.17) is 14.2 Å². The average molecular weight is 357 g/mol. The number of methoxy groups -OCH3 is 2. The van der Waals surface area contributed by atoms with E-state index in [0.29, 0.717) is 17.9 Å². The number of carbonyl (C=O) groups is 1. The maximum Gasteiger partial charge on any atom is 0.251 e. The Morgan fingerprint density at radius 2 is 1.73 bits per heavy atom. The van der Waals surface area contributed by atoms with Crippen molar-refractivity contribution in [1.82, 2.24) is 5.32 Å². The monoisotopic (exact) mass is 357 g/mol. The van der Waals surface area contributed by atoms with E-state index in [9.17, 15) is 4.79 Å². The first-order chi connectivity index (χ1) is 12.6. The van der Waals surface area contributed by atoms with Crippen molar-refractivity contribution in [2.45, 2.75) is 32.7 Å². The van der Waals surface area contributed by atoms with Crippen molar-refractivity contribution in [3.8, 4) is 17.2 Å². The van der Waals surface area contributed by atoms with E-state index in [0.717, 1.165) is 29.9 Å². The maximum absolute atomic E-state index is 12.5. The number of nitrogens with one attached hydrogen (secondary N) is 1. The zero-order valence-corrected chi connectivity index (χ0v) is 15.9. The Hall–Kier alpha value is -2.69. The molecular formula is C21H27NO4. The molecule has 2 aromatic rings. The van der Waals surface area contributed by atoms with Crippen molar-refractivity contribution in [3.63, 3.8) is 0 Å². The normalized spacial score (nSPS) is 11.5. The first-order valence-electron chi connectivity index (χ1n) is 8.84. The fourth-order valence-corrected chi connectivity index (χ4v) is 2.57. The van der Waals surface area contributed by atoms with E-state index < -0.39 is 0 Å². The van der Waals surface area contributed by atoms with Crippen LogP contribution in [0.3, 0.4) is 0 Å². The van der Waals surface area contributed by atoms with Crippen molar-refractivity contribution < 1.29 is 19.0 Å². The van der Waals surface area contributed by atoms with Crippen LogP contribution in [-0.4, -0.2) is 26.7 Å². The lowest BCUT2D eigenvalue weighted by Gasteiger charge is -2.18. The minimum absolute atomic E-state index is 0.150. The zero-order chi connectivity index (χ0) is 18.9. The van der Waals surface area contributed by atoms with E-state index in [1.54, 1.807) is 26.4 Å². The molecule has 140 valence electrons. The molecule has 0 fully saturated rings. The van der Waals surface area contributed by atoms with E-state index in [1.807, 2.05) is 37.3 Å². The second-order valence-electron chi connectivity index (χ2n) is 6.03. The van der Waals surface area contributed by atoms with E-state index >= 15 is 0 Å². The Kier molecular flexibility index (Phi) is 7.33. The molecule has 26 heavy (non-hydrogen) atoms. The van der Waals surface area contributed by atoms with E-state index in [2.05, 4.69) is 12.2 Å². The van der Waals surface area contributed by atoms with E-state index in [-0.39, 0.29) is 11.9 Å². The smallest absolute Gasteiger partial charge is 0.251 e. The number of rotatable bonds is 9. The molecule has 0 saturated heterocycles. The number of benzene rings is 2. The highest BCUT2D eigenvalue weighted by atomic mass is 16.5. The summed E-state index contributed by atoms with van der Waals surface area (Å²) in [6.45, 7) is 4.72. The summed E-state index contributed by atoms with van der Waals surface area (Å²) in [5.74, 6) is 2.05. The number of hydrogen-bond donors (Lipinski definition) is 1. The molecule has 0 aliphatic rings. The quantitative estimate of drug-likeness (QED) is 0.677. The summed E-state index contributed by atoms with van der Waals surface area (Å²) < 4.78 is 16.3. The van der Waals surface area contributed by atoms with E-state index in [1.165, 1.54) is 0 Å². The number of ether oxygens (including phenoxy) is 3. The maximum atomic E-state index is 12.5. The Bertz CT molecular complexity index is 712. The van der Waals surface area contributed by atoms with Gasteiger partial charge in [0.15, 0.2) is 0 Å². The second-order valence-corrected chi connectivity index (χ2v) is 6.03. The highest BCUT2D eigenvalue weighted by molar-refractivity contribution is 5.94. The predicted molar refractivity (Wildman–Crippen MR) is 102 cm³/mol. The van der Waals surface area contributed by atoms with Gasteiger partial charge in [0.25, 0.3) is 5.91 Å². The Morgan fingerprint density at radius 1 is 1.04 bits per heavy atom. The molecular weight excluding hydrogens is 330 g/mol. The fourth-order valence-electron chi connectivity index (χ4n) is 2.57. The van der Waals surface area contributed by atoms with Gasteiger partial charge in [-0.15, -0.1) is 0 Å². The highest BCUT2D eigenvalue weighted by Gasteiger charge is 2.16. The second kappa shape index (κ2) is 9.70. The topological polar surface area (TPSA) is 56.8 Å². The largest absolute Gasteiger partial charge is 0.497 e. The van der Waals surface area contributed by atoms with Gasteiger partial charge in [-0.2, -0.15) is 0 Å². The van der Waals surface area contributed by atoms with Crippen LogP contribution in [0.4, 0.5) is 0 Å². The summed E-state index contributed by atoms with van der Waals surface area (Å²) in [6.07, 6.45) is 2.11. The molecule has 2 aromatic carbocycles. The molecule has 1 unspecified atom stereocenters. The van der Waals surface area contributed by atoms with Gasteiger partial charge >= 0.3 is 0 Å². The molecule has 1 atom stereocenters. The third-order valence-corrected chi connectivity index (χ3v) is 4.13. The number of hydrogen-bond acceptors (Lipinski definition) is 4. The molecule has 2 rings (SSSR count). The van der Waals surface area contributed by atoms with Crippen molar-refractivity contribution >= 4 is 5.91 Å². The summed E-state index contributed by atoms with van der Waals surface area (Å²) in [6, 6.07) is 12.5. The molecule has 5 heteroatoms. The first kappa shape index (κ1) is 19.6. The van der Waals surface area contributed by atoms with Crippen molar-refractivity contribution in [1.29, 1.82) is 0 Å². The number of amides is 1. The molecule has 0 radical (unpaired) electrons. The average Bonchev–Trinajstić information content (AvgIpc) is 2.68. The molecule has 0 saturated carbocycles. The summed E-state index contributed by atoms with van der Waals surface area (Å²) in [4.78, 5) is 12.5. The van der Waals surface area contributed by atoms with Gasteiger partial charge in [-0.1, -0.05) is 13.3 Å². The third kappa shape index (κ3) is 5.15. The van der Waals surface area contributed by atoms with Crippen LogP contribution in [0.2, 0.25) is 0 Å². The summed E-state index contributed by atoms with van der Waals surface area (Å²) in [5, 5.41) is 2.99. The van der Waals surface area contributed by atoms with Gasteiger partial charge in [0.2, 0.25) is 0 Å². The fraction of sp³-hybridized carbons (Fsp3) is 0.381. The molecule has 0 aliphatic carbocycles. The lowest BCUT2D eigenvalue weighted by Crippen LogP contribution is -2.26. The highest BCUT2D eigenvalue weighted by Crippen LogP contribution is 2.29. The minimum atomic E-state index is -0.229. The van der Waals surface area contributed by atoms with Crippen LogP contribution in [0, 0.1) is 0 Å².